The summed E-state index contributed by atoms with van der Waals surface area (Å²) in [6, 6.07) is 26.1. The van der Waals surface area contributed by atoms with Crippen LogP contribution in [0.2, 0.25) is 0 Å². The molecule has 0 radical (unpaired) electrons. The Hall–Kier alpha value is -3.59. The van der Waals surface area contributed by atoms with Gasteiger partial charge < -0.3 is 9.47 Å². The largest absolute Gasteiger partial charge is 0.497 e. The first-order chi connectivity index (χ1) is 15.2. The van der Waals surface area contributed by atoms with Crippen LogP contribution < -0.4 is 4.74 Å². The molecule has 3 nitrogen and oxygen atoms in total. The Balaban J connectivity index is 1.44. The minimum Gasteiger partial charge on any atom is -0.497 e. The molecule has 0 aromatic heterocycles. The Morgan fingerprint density at radius 2 is 1.55 bits per heavy atom. The van der Waals surface area contributed by atoms with Crippen LogP contribution in [0.5, 0.6) is 5.75 Å². The quantitative estimate of drug-likeness (QED) is 0.186. The van der Waals surface area contributed by atoms with Crippen molar-refractivity contribution in [3.63, 3.8) is 0 Å². The van der Waals surface area contributed by atoms with Crippen LogP contribution in [0.4, 0.5) is 0 Å². The molecule has 4 aromatic rings. The van der Waals surface area contributed by atoms with Crippen LogP contribution >= 0.6 is 0 Å². The van der Waals surface area contributed by atoms with Crippen LogP contribution in [0.15, 0.2) is 84.9 Å². The van der Waals surface area contributed by atoms with Crippen molar-refractivity contribution >= 4 is 33.1 Å². The molecule has 0 amide bonds. The van der Waals surface area contributed by atoms with Gasteiger partial charge in [-0.3, -0.25) is 0 Å². The number of fused-ring (bicyclic) bond motifs is 3. The van der Waals surface area contributed by atoms with Gasteiger partial charge in [0.2, 0.25) is 0 Å². The molecule has 0 aliphatic heterocycles. The fraction of sp³-hybridized carbons (Fsp3) is 0.179. The van der Waals surface area contributed by atoms with Gasteiger partial charge in [0.15, 0.2) is 0 Å². The second kappa shape index (κ2) is 9.48. The molecule has 3 heteroatoms. The summed E-state index contributed by atoms with van der Waals surface area (Å²) in [7, 11) is 1.67. The van der Waals surface area contributed by atoms with Crippen molar-refractivity contribution < 1.29 is 14.3 Å². The van der Waals surface area contributed by atoms with Crippen LogP contribution in [-0.4, -0.2) is 19.7 Å². The molecule has 0 N–H and O–H groups in total. The molecule has 0 aliphatic rings. The predicted molar refractivity (Wildman–Crippen MR) is 128 cm³/mol. The van der Waals surface area contributed by atoms with Crippen molar-refractivity contribution in [2.45, 2.75) is 19.8 Å². The Labute approximate surface area is 182 Å². The van der Waals surface area contributed by atoms with Crippen molar-refractivity contribution in [2.24, 2.45) is 0 Å². The molecule has 0 saturated carbocycles. The van der Waals surface area contributed by atoms with Crippen molar-refractivity contribution in [1.82, 2.24) is 0 Å². The number of ether oxygens (including phenoxy) is 2. The average molecular weight is 411 g/mol. The summed E-state index contributed by atoms with van der Waals surface area (Å²) in [6.07, 6.45) is 3.72. The smallest absolute Gasteiger partial charge is 0.338 e. The number of rotatable bonds is 7. The zero-order chi connectivity index (χ0) is 21.6. The molecule has 0 saturated heterocycles. The molecule has 4 rings (SSSR count). The van der Waals surface area contributed by atoms with Gasteiger partial charge >= 0.3 is 5.97 Å². The summed E-state index contributed by atoms with van der Waals surface area (Å²) in [5.74, 6) is 0.573. The fourth-order valence-electron chi connectivity index (χ4n) is 3.99. The van der Waals surface area contributed by atoms with Gasteiger partial charge in [0.25, 0.3) is 0 Å². The highest BCUT2D eigenvalue weighted by atomic mass is 16.5. The van der Waals surface area contributed by atoms with Crippen molar-refractivity contribution in [3.05, 3.63) is 96.1 Å². The standard InChI is InChI=1S/C28H26O3/c1-3-20(21-14-16-23(30-2)17-15-21)10-8-18-31-28(29)27-19-22-9-4-5-11-24(22)25-12-6-7-13-26(25)27/h3-7,9,11-17,19H,8,10,18H2,1-2H3/b20-3-. The van der Waals surface area contributed by atoms with E-state index >= 15 is 0 Å². The Bertz CT molecular complexity index is 1240. The maximum Gasteiger partial charge on any atom is 0.338 e. The molecular formula is C28H26O3. The maximum absolute atomic E-state index is 12.9. The Kier molecular flexibility index (Phi) is 6.32. The highest BCUT2D eigenvalue weighted by Crippen LogP contribution is 2.29. The summed E-state index contributed by atoms with van der Waals surface area (Å²) in [4.78, 5) is 12.9. The third-order valence-electron chi connectivity index (χ3n) is 5.62. The lowest BCUT2D eigenvalue weighted by molar-refractivity contribution is 0.0504. The van der Waals surface area contributed by atoms with E-state index in [1.54, 1.807) is 7.11 Å². The fourth-order valence-corrected chi connectivity index (χ4v) is 3.99. The Morgan fingerprint density at radius 3 is 2.26 bits per heavy atom. The SMILES string of the molecule is C/C=C(/CCCOC(=O)c1cc2ccccc2c2ccccc12)c1ccc(OC)cc1. The molecule has 156 valence electrons. The van der Waals surface area contributed by atoms with Crippen LogP contribution in [0.1, 0.15) is 35.7 Å². The third kappa shape index (κ3) is 4.46. The van der Waals surface area contributed by atoms with Crippen LogP contribution in [0, 0.1) is 0 Å². The number of hydrogen-bond donors (Lipinski definition) is 0. The molecule has 31 heavy (non-hydrogen) atoms. The molecule has 0 atom stereocenters. The molecule has 0 heterocycles. The zero-order valence-electron chi connectivity index (χ0n) is 17.9. The number of esters is 1. The van der Waals surface area contributed by atoms with E-state index in [4.69, 9.17) is 9.47 Å². The van der Waals surface area contributed by atoms with Gasteiger partial charge in [0.05, 0.1) is 19.3 Å². The van der Waals surface area contributed by atoms with Crippen LogP contribution in [0.3, 0.4) is 0 Å². The summed E-state index contributed by atoms with van der Waals surface area (Å²) in [5.41, 5.74) is 3.01. The van der Waals surface area contributed by atoms with Crippen molar-refractivity contribution in [1.29, 1.82) is 0 Å². The average Bonchev–Trinajstić information content (AvgIpc) is 2.83. The first-order valence-electron chi connectivity index (χ1n) is 10.6. The van der Waals surface area contributed by atoms with Gasteiger partial charge in [-0.1, -0.05) is 66.7 Å². The molecular weight excluding hydrogens is 384 g/mol. The first-order valence-corrected chi connectivity index (χ1v) is 10.6. The first kappa shape index (κ1) is 20.7. The molecule has 4 aromatic carbocycles. The van der Waals surface area contributed by atoms with E-state index in [0.29, 0.717) is 12.2 Å². The minimum absolute atomic E-state index is 0.270. The van der Waals surface area contributed by atoms with E-state index in [-0.39, 0.29) is 5.97 Å². The molecule has 0 bridgehead atoms. The number of benzene rings is 4. The molecule has 0 fully saturated rings. The normalized spacial score (nSPS) is 11.6. The molecule has 0 spiro atoms. The van der Waals surface area contributed by atoms with E-state index in [2.05, 4.69) is 30.3 Å². The van der Waals surface area contributed by atoms with Gasteiger partial charge in [-0.25, -0.2) is 4.79 Å². The number of allylic oxidation sites excluding steroid dienone is 2. The predicted octanol–water partition coefficient (Wildman–Crippen LogP) is 7.04. The zero-order valence-corrected chi connectivity index (χ0v) is 17.9. The maximum atomic E-state index is 12.9. The lowest BCUT2D eigenvalue weighted by Gasteiger charge is -2.12. The van der Waals surface area contributed by atoms with Gasteiger partial charge in [0, 0.05) is 0 Å². The van der Waals surface area contributed by atoms with Gasteiger partial charge in [-0.2, -0.15) is 0 Å². The number of carbonyl (C=O) groups is 1. The van der Waals surface area contributed by atoms with E-state index in [0.717, 1.165) is 45.7 Å². The summed E-state index contributed by atoms with van der Waals surface area (Å²) >= 11 is 0. The summed E-state index contributed by atoms with van der Waals surface area (Å²) in [6.45, 7) is 2.42. The molecule has 0 aliphatic carbocycles. The number of hydrogen-bond acceptors (Lipinski definition) is 3. The van der Waals surface area contributed by atoms with E-state index < -0.39 is 0 Å². The lowest BCUT2D eigenvalue weighted by atomic mass is 9.97. The minimum atomic E-state index is -0.270. The van der Waals surface area contributed by atoms with Crippen LogP contribution in [0.25, 0.3) is 27.1 Å². The van der Waals surface area contributed by atoms with E-state index in [1.165, 1.54) is 5.57 Å². The Morgan fingerprint density at radius 1 is 0.871 bits per heavy atom. The number of carbonyl (C=O) groups excluding carboxylic acids is 1. The van der Waals surface area contributed by atoms with Gasteiger partial charge in [-0.15, -0.1) is 0 Å². The number of methoxy groups -OCH3 is 1. The summed E-state index contributed by atoms with van der Waals surface area (Å²) in [5, 5.41) is 4.19. The van der Waals surface area contributed by atoms with Crippen molar-refractivity contribution in [3.8, 4) is 5.75 Å². The van der Waals surface area contributed by atoms with E-state index in [1.807, 2.05) is 61.5 Å². The monoisotopic (exact) mass is 410 g/mol. The van der Waals surface area contributed by atoms with Crippen LogP contribution in [-0.2, 0) is 4.74 Å². The van der Waals surface area contributed by atoms with Crippen molar-refractivity contribution in [2.75, 3.05) is 13.7 Å². The summed E-state index contributed by atoms with van der Waals surface area (Å²) < 4.78 is 10.9. The highest BCUT2D eigenvalue weighted by molar-refractivity contribution is 6.15. The van der Waals surface area contributed by atoms with Gasteiger partial charge in [-0.05, 0) is 70.6 Å². The molecule has 0 unspecified atom stereocenters. The lowest BCUT2D eigenvalue weighted by Crippen LogP contribution is -2.07. The second-order valence-corrected chi connectivity index (χ2v) is 7.47. The van der Waals surface area contributed by atoms with E-state index in [9.17, 15) is 4.79 Å². The highest BCUT2D eigenvalue weighted by Gasteiger charge is 2.14. The third-order valence-corrected chi connectivity index (χ3v) is 5.62. The second-order valence-electron chi connectivity index (χ2n) is 7.47. The van der Waals surface area contributed by atoms with Gasteiger partial charge in [0.1, 0.15) is 5.75 Å². The topological polar surface area (TPSA) is 35.5 Å².